The smallest absolute Gasteiger partial charge is 0.348 e. The minimum absolute atomic E-state index is 0.0242. The number of nitrogens with one attached hydrogen (secondary N) is 1. The lowest BCUT2D eigenvalue weighted by Crippen LogP contribution is -2.35. The van der Waals surface area contributed by atoms with Gasteiger partial charge in [0, 0.05) is 13.1 Å². The molecule has 4 nitrogen and oxygen atoms in total. The summed E-state index contributed by atoms with van der Waals surface area (Å²) in [6, 6.07) is 0.0242. The molecule has 1 heterocycles. The predicted octanol–water partition coefficient (Wildman–Crippen LogP) is 3.65. The number of amides is 1. The number of hydrogen-bond donors (Lipinski definition) is 1. The van der Waals surface area contributed by atoms with E-state index in [1.807, 2.05) is 0 Å². The Labute approximate surface area is 129 Å². The topological polar surface area (TPSA) is 46.9 Å². The van der Waals surface area contributed by atoms with Crippen LogP contribution in [-0.2, 0) is 13.2 Å². The molecule has 1 aromatic rings. The summed E-state index contributed by atoms with van der Waals surface area (Å²) >= 11 is 2.85. The van der Waals surface area contributed by atoms with E-state index >= 15 is 0 Å². The maximum atomic E-state index is 12.8. The van der Waals surface area contributed by atoms with E-state index in [0.29, 0.717) is 0 Å². The second-order valence-electron chi connectivity index (χ2n) is 5.29. The van der Waals surface area contributed by atoms with Crippen molar-refractivity contribution >= 4 is 21.8 Å². The molecule has 0 aromatic carbocycles. The maximum absolute atomic E-state index is 12.8. The number of carbonyl (C=O) groups excluding carboxylic acids is 1. The van der Waals surface area contributed by atoms with Crippen molar-refractivity contribution < 1.29 is 18.0 Å². The average Bonchev–Trinajstić information content (AvgIpc) is 2.56. The van der Waals surface area contributed by atoms with Crippen LogP contribution in [0.3, 0.4) is 0 Å². The molecule has 0 radical (unpaired) electrons. The van der Waals surface area contributed by atoms with Crippen LogP contribution in [0.2, 0.25) is 0 Å². The predicted molar refractivity (Wildman–Crippen MR) is 74.9 cm³/mol. The summed E-state index contributed by atoms with van der Waals surface area (Å²) in [4.78, 5) is 12.2. The Bertz CT molecular complexity index is 519. The highest BCUT2D eigenvalue weighted by Crippen LogP contribution is 2.35. The third-order valence-corrected chi connectivity index (χ3v) is 4.41. The first kappa shape index (κ1) is 16.3. The normalized spacial score (nSPS) is 17.6. The second kappa shape index (κ2) is 6.37. The van der Waals surface area contributed by atoms with Crippen LogP contribution in [0.5, 0.6) is 0 Å². The monoisotopic (exact) mass is 367 g/mol. The number of hydrogen-bond acceptors (Lipinski definition) is 2. The first-order valence-corrected chi connectivity index (χ1v) is 7.70. The van der Waals surface area contributed by atoms with Gasteiger partial charge in [-0.2, -0.15) is 18.3 Å². The van der Waals surface area contributed by atoms with Gasteiger partial charge in [0.05, 0.1) is 4.47 Å². The minimum atomic E-state index is -4.59. The van der Waals surface area contributed by atoms with Gasteiger partial charge in [0.15, 0.2) is 5.69 Å². The molecular weight excluding hydrogens is 351 g/mol. The molecule has 1 aliphatic carbocycles. The van der Waals surface area contributed by atoms with Gasteiger partial charge in [-0.05, 0) is 28.8 Å². The molecule has 1 N–H and O–H groups in total. The SMILES string of the molecule is Cn1nc(C(F)(F)F)c(Br)c1C(=O)NC1CCCCCC1. The van der Waals surface area contributed by atoms with E-state index in [9.17, 15) is 18.0 Å². The van der Waals surface area contributed by atoms with Crippen LogP contribution in [-0.4, -0.2) is 21.7 Å². The number of alkyl halides is 3. The van der Waals surface area contributed by atoms with E-state index in [1.54, 1.807) is 0 Å². The summed E-state index contributed by atoms with van der Waals surface area (Å²) in [5, 5.41) is 6.22. The zero-order valence-electron chi connectivity index (χ0n) is 11.6. The van der Waals surface area contributed by atoms with Gasteiger partial charge in [-0.25, -0.2) is 0 Å². The van der Waals surface area contributed by atoms with Gasteiger partial charge < -0.3 is 5.32 Å². The molecule has 2 rings (SSSR count). The van der Waals surface area contributed by atoms with Crippen molar-refractivity contribution in [1.82, 2.24) is 15.1 Å². The lowest BCUT2D eigenvalue weighted by atomic mass is 10.1. The molecule has 0 unspecified atom stereocenters. The third kappa shape index (κ3) is 3.78. The molecular formula is C13H17BrF3N3O. The number of rotatable bonds is 2. The van der Waals surface area contributed by atoms with Gasteiger partial charge in [0.2, 0.25) is 0 Å². The number of aryl methyl sites for hydroxylation is 1. The molecule has 1 fully saturated rings. The zero-order valence-corrected chi connectivity index (χ0v) is 13.2. The highest BCUT2D eigenvalue weighted by atomic mass is 79.9. The summed E-state index contributed by atoms with van der Waals surface area (Å²) in [6.45, 7) is 0. The van der Waals surface area contributed by atoms with E-state index in [2.05, 4.69) is 26.3 Å². The van der Waals surface area contributed by atoms with E-state index in [4.69, 9.17) is 0 Å². The molecule has 1 amide bonds. The van der Waals surface area contributed by atoms with Crippen LogP contribution in [0.25, 0.3) is 0 Å². The molecule has 0 atom stereocenters. The quantitative estimate of drug-likeness (QED) is 0.810. The van der Waals surface area contributed by atoms with E-state index in [1.165, 1.54) is 7.05 Å². The molecule has 21 heavy (non-hydrogen) atoms. The minimum Gasteiger partial charge on any atom is -0.348 e. The summed E-state index contributed by atoms with van der Waals surface area (Å²) in [5.41, 5.74) is -1.16. The van der Waals surface area contributed by atoms with Crippen LogP contribution in [0.15, 0.2) is 4.47 Å². The fraction of sp³-hybridized carbons (Fsp3) is 0.692. The number of aromatic nitrogens is 2. The standard InChI is InChI=1S/C13H17BrF3N3O/c1-20-10(9(14)11(19-20)13(15,16)17)12(21)18-8-6-4-2-3-5-7-8/h8H,2-7H2,1H3,(H,18,21). The van der Waals surface area contributed by atoms with Gasteiger partial charge in [0.1, 0.15) is 5.69 Å². The van der Waals surface area contributed by atoms with Gasteiger partial charge in [-0.15, -0.1) is 0 Å². The molecule has 118 valence electrons. The molecule has 1 saturated carbocycles. The molecule has 1 aromatic heterocycles. The Balaban J connectivity index is 2.17. The summed E-state index contributed by atoms with van der Waals surface area (Å²) < 4.78 is 39.0. The van der Waals surface area contributed by atoms with Crippen molar-refractivity contribution in [2.75, 3.05) is 0 Å². The number of halogens is 4. The van der Waals surface area contributed by atoms with Crippen molar-refractivity contribution in [3.8, 4) is 0 Å². The van der Waals surface area contributed by atoms with Crippen LogP contribution < -0.4 is 5.32 Å². The summed E-state index contributed by atoms with van der Waals surface area (Å²) in [7, 11) is 1.34. The van der Waals surface area contributed by atoms with E-state index in [0.717, 1.165) is 43.2 Å². The van der Waals surface area contributed by atoms with Gasteiger partial charge >= 0.3 is 6.18 Å². The fourth-order valence-electron chi connectivity index (χ4n) is 2.60. The zero-order chi connectivity index (χ0) is 15.6. The van der Waals surface area contributed by atoms with Crippen LogP contribution in [0, 0.1) is 0 Å². The fourth-order valence-corrected chi connectivity index (χ4v) is 3.34. The molecule has 0 bridgehead atoms. The van der Waals surface area contributed by atoms with E-state index in [-0.39, 0.29) is 16.2 Å². The maximum Gasteiger partial charge on any atom is 0.436 e. The Hall–Kier alpha value is -1.05. The van der Waals surface area contributed by atoms with Crippen LogP contribution in [0.4, 0.5) is 13.2 Å². The lowest BCUT2D eigenvalue weighted by molar-refractivity contribution is -0.142. The molecule has 0 aliphatic heterocycles. The van der Waals surface area contributed by atoms with Crippen molar-refractivity contribution in [2.45, 2.75) is 50.7 Å². The van der Waals surface area contributed by atoms with Crippen LogP contribution >= 0.6 is 15.9 Å². The average molecular weight is 368 g/mol. The molecule has 0 spiro atoms. The second-order valence-corrected chi connectivity index (χ2v) is 6.09. The molecule has 8 heteroatoms. The van der Waals surface area contributed by atoms with Gasteiger partial charge in [0.25, 0.3) is 5.91 Å². The highest BCUT2D eigenvalue weighted by Gasteiger charge is 2.39. The Morgan fingerprint density at radius 3 is 2.33 bits per heavy atom. The summed E-state index contributed by atoms with van der Waals surface area (Å²) in [5.74, 6) is -0.515. The van der Waals surface area contributed by atoms with Gasteiger partial charge in [-0.1, -0.05) is 25.7 Å². The molecule has 0 saturated heterocycles. The van der Waals surface area contributed by atoms with E-state index < -0.39 is 17.8 Å². The lowest BCUT2D eigenvalue weighted by Gasteiger charge is -2.16. The summed E-state index contributed by atoms with van der Waals surface area (Å²) in [6.07, 6.45) is 1.49. The van der Waals surface area contributed by atoms with Crippen molar-refractivity contribution in [3.05, 3.63) is 15.9 Å². The number of nitrogens with zero attached hydrogens (tertiary/aromatic N) is 2. The number of carbonyl (C=O) groups is 1. The van der Waals surface area contributed by atoms with Crippen molar-refractivity contribution in [3.63, 3.8) is 0 Å². The Morgan fingerprint density at radius 2 is 1.86 bits per heavy atom. The largest absolute Gasteiger partial charge is 0.436 e. The highest BCUT2D eigenvalue weighted by molar-refractivity contribution is 9.10. The first-order valence-electron chi connectivity index (χ1n) is 6.91. The van der Waals surface area contributed by atoms with Gasteiger partial charge in [-0.3, -0.25) is 9.48 Å². The Kier molecular flexibility index (Phi) is 4.95. The first-order chi connectivity index (χ1) is 9.80. The van der Waals surface area contributed by atoms with Crippen molar-refractivity contribution in [1.29, 1.82) is 0 Å². The van der Waals surface area contributed by atoms with Crippen molar-refractivity contribution in [2.24, 2.45) is 7.05 Å². The Morgan fingerprint density at radius 1 is 1.29 bits per heavy atom. The third-order valence-electron chi connectivity index (χ3n) is 3.66. The molecule has 1 aliphatic rings. The van der Waals surface area contributed by atoms with Crippen LogP contribution in [0.1, 0.15) is 54.7 Å².